The molecule has 1 aromatic rings. The largest absolute Gasteiger partial charge is 0.395 e. The van der Waals surface area contributed by atoms with E-state index in [0.717, 1.165) is 0 Å². The number of rotatable bonds is 6. The molecule has 0 radical (unpaired) electrons. The SMILES string of the molecule is COCCN(CCO)c1cccc(F)c1C#N. The topological polar surface area (TPSA) is 56.5 Å². The van der Waals surface area contributed by atoms with E-state index in [4.69, 9.17) is 15.1 Å². The van der Waals surface area contributed by atoms with Crippen LogP contribution in [0.3, 0.4) is 0 Å². The van der Waals surface area contributed by atoms with Crippen LogP contribution in [0.5, 0.6) is 0 Å². The molecule has 17 heavy (non-hydrogen) atoms. The quantitative estimate of drug-likeness (QED) is 0.807. The molecular formula is C12H15FN2O2. The number of nitriles is 1. The number of hydrogen-bond acceptors (Lipinski definition) is 4. The second kappa shape index (κ2) is 6.84. The van der Waals surface area contributed by atoms with E-state index in [9.17, 15) is 4.39 Å². The number of ether oxygens (including phenoxy) is 1. The second-order valence-corrected chi connectivity index (χ2v) is 3.45. The van der Waals surface area contributed by atoms with Crippen LogP contribution in [0.15, 0.2) is 18.2 Å². The molecule has 1 N–H and O–H groups in total. The van der Waals surface area contributed by atoms with Crippen molar-refractivity contribution in [3.8, 4) is 6.07 Å². The van der Waals surface area contributed by atoms with Crippen LogP contribution < -0.4 is 4.90 Å². The van der Waals surface area contributed by atoms with Gasteiger partial charge >= 0.3 is 0 Å². The zero-order valence-electron chi connectivity index (χ0n) is 9.69. The van der Waals surface area contributed by atoms with Gasteiger partial charge in [-0.05, 0) is 12.1 Å². The highest BCUT2D eigenvalue weighted by Gasteiger charge is 2.13. The molecule has 0 amide bonds. The lowest BCUT2D eigenvalue weighted by molar-refractivity contribution is 0.203. The van der Waals surface area contributed by atoms with E-state index >= 15 is 0 Å². The summed E-state index contributed by atoms with van der Waals surface area (Å²) < 4.78 is 18.4. The fourth-order valence-corrected chi connectivity index (χ4v) is 1.56. The van der Waals surface area contributed by atoms with Gasteiger partial charge in [0.1, 0.15) is 17.4 Å². The first-order valence-electron chi connectivity index (χ1n) is 5.28. The Hall–Kier alpha value is -1.64. The predicted molar refractivity (Wildman–Crippen MR) is 62.3 cm³/mol. The number of halogens is 1. The first-order chi connectivity index (χ1) is 8.24. The monoisotopic (exact) mass is 238 g/mol. The number of nitrogens with zero attached hydrogens (tertiary/aromatic N) is 2. The van der Waals surface area contributed by atoms with Gasteiger partial charge in [-0.25, -0.2) is 4.39 Å². The van der Waals surface area contributed by atoms with Gasteiger partial charge in [0.15, 0.2) is 0 Å². The van der Waals surface area contributed by atoms with Gasteiger partial charge in [-0.15, -0.1) is 0 Å². The van der Waals surface area contributed by atoms with Gasteiger partial charge in [0, 0.05) is 20.2 Å². The summed E-state index contributed by atoms with van der Waals surface area (Å²) in [5.74, 6) is -0.551. The molecule has 0 saturated carbocycles. The van der Waals surface area contributed by atoms with E-state index in [0.29, 0.717) is 25.4 Å². The van der Waals surface area contributed by atoms with Crippen molar-refractivity contribution in [2.75, 3.05) is 38.3 Å². The van der Waals surface area contributed by atoms with Gasteiger partial charge in [-0.3, -0.25) is 0 Å². The predicted octanol–water partition coefficient (Wildman–Crippen LogP) is 1.14. The van der Waals surface area contributed by atoms with E-state index in [-0.39, 0.29) is 12.2 Å². The van der Waals surface area contributed by atoms with E-state index in [1.807, 2.05) is 6.07 Å². The molecule has 4 nitrogen and oxygen atoms in total. The average Bonchev–Trinajstić information content (AvgIpc) is 2.34. The first kappa shape index (κ1) is 13.4. The molecule has 1 rings (SSSR count). The molecule has 0 atom stereocenters. The fourth-order valence-electron chi connectivity index (χ4n) is 1.56. The van der Waals surface area contributed by atoms with Gasteiger partial charge in [0.2, 0.25) is 0 Å². The Morgan fingerprint density at radius 3 is 2.82 bits per heavy atom. The number of aliphatic hydroxyl groups excluding tert-OH is 1. The van der Waals surface area contributed by atoms with Crippen LogP contribution in [-0.2, 0) is 4.74 Å². The second-order valence-electron chi connectivity index (χ2n) is 3.45. The maximum atomic E-state index is 13.4. The fraction of sp³-hybridized carbons (Fsp3) is 0.417. The molecule has 5 heteroatoms. The Labute approximate surface area is 99.8 Å². The normalized spacial score (nSPS) is 10.0. The third-order valence-corrected chi connectivity index (χ3v) is 2.38. The highest BCUT2D eigenvalue weighted by molar-refractivity contribution is 5.59. The summed E-state index contributed by atoms with van der Waals surface area (Å²) in [4.78, 5) is 1.73. The van der Waals surface area contributed by atoms with Crippen LogP contribution >= 0.6 is 0 Å². The van der Waals surface area contributed by atoms with E-state index < -0.39 is 5.82 Å². The lowest BCUT2D eigenvalue weighted by atomic mass is 10.1. The van der Waals surface area contributed by atoms with Crippen molar-refractivity contribution in [1.82, 2.24) is 0 Å². The highest BCUT2D eigenvalue weighted by atomic mass is 19.1. The van der Waals surface area contributed by atoms with Crippen molar-refractivity contribution in [2.24, 2.45) is 0 Å². The van der Waals surface area contributed by atoms with Gasteiger partial charge < -0.3 is 14.7 Å². The van der Waals surface area contributed by atoms with Crippen molar-refractivity contribution in [3.63, 3.8) is 0 Å². The number of anilines is 1. The van der Waals surface area contributed by atoms with Gasteiger partial charge in [-0.2, -0.15) is 5.26 Å². The van der Waals surface area contributed by atoms with E-state index in [2.05, 4.69) is 0 Å². The summed E-state index contributed by atoms with van der Waals surface area (Å²) in [5, 5.41) is 17.9. The Morgan fingerprint density at radius 2 is 2.24 bits per heavy atom. The Bertz CT molecular complexity index is 404. The minimum absolute atomic E-state index is 0.00273. The lowest BCUT2D eigenvalue weighted by Gasteiger charge is -2.24. The summed E-state index contributed by atoms with van der Waals surface area (Å²) in [7, 11) is 1.56. The molecule has 0 aliphatic carbocycles. The summed E-state index contributed by atoms with van der Waals surface area (Å²) in [6.07, 6.45) is 0. The van der Waals surface area contributed by atoms with Crippen LogP contribution in [-0.4, -0.2) is 38.5 Å². The van der Waals surface area contributed by atoms with E-state index in [1.165, 1.54) is 6.07 Å². The van der Waals surface area contributed by atoms with Gasteiger partial charge in [0.25, 0.3) is 0 Å². The Kier molecular flexibility index (Phi) is 5.40. The molecule has 0 aromatic heterocycles. The number of benzene rings is 1. The summed E-state index contributed by atoms with van der Waals surface area (Å²) in [5.41, 5.74) is 0.482. The molecule has 0 aliphatic rings. The Morgan fingerprint density at radius 1 is 1.47 bits per heavy atom. The molecule has 0 fully saturated rings. The number of hydrogen-bond donors (Lipinski definition) is 1. The minimum Gasteiger partial charge on any atom is -0.395 e. The Balaban J connectivity index is 3.01. The molecule has 0 aliphatic heterocycles. The number of aliphatic hydroxyl groups is 1. The molecule has 92 valence electrons. The lowest BCUT2D eigenvalue weighted by Crippen LogP contribution is -2.31. The van der Waals surface area contributed by atoms with Crippen molar-refractivity contribution in [2.45, 2.75) is 0 Å². The van der Waals surface area contributed by atoms with Crippen LogP contribution in [0.2, 0.25) is 0 Å². The smallest absolute Gasteiger partial charge is 0.143 e. The molecule has 1 aromatic carbocycles. The zero-order valence-corrected chi connectivity index (χ0v) is 9.69. The van der Waals surface area contributed by atoms with E-state index in [1.54, 1.807) is 24.1 Å². The maximum Gasteiger partial charge on any atom is 0.143 e. The highest BCUT2D eigenvalue weighted by Crippen LogP contribution is 2.22. The standard InChI is InChI=1S/C12H15FN2O2/c1-17-8-6-15(5-7-16)12-4-2-3-11(13)10(12)9-14/h2-4,16H,5-8H2,1H3. The first-order valence-corrected chi connectivity index (χ1v) is 5.28. The molecule has 0 bridgehead atoms. The number of methoxy groups -OCH3 is 1. The van der Waals surface area contributed by atoms with Crippen LogP contribution in [0.25, 0.3) is 0 Å². The molecule has 0 saturated heterocycles. The zero-order chi connectivity index (χ0) is 12.7. The third kappa shape index (κ3) is 3.41. The molecule has 0 heterocycles. The summed E-state index contributed by atoms with van der Waals surface area (Å²) in [6, 6.07) is 6.29. The third-order valence-electron chi connectivity index (χ3n) is 2.38. The van der Waals surface area contributed by atoms with Gasteiger partial charge in [0.05, 0.1) is 18.9 Å². The van der Waals surface area contributed by atoms with Crippen LogP contribution in [0, 0.1) is 17.1 Å². The van der Waals surface area contributed by atoms with Gasteiger partial charge in [-0.1, -0.05) is 6.07 Å². The van der Waals surface area contributed by atoms with Crippen molar-refractivity contribution in [1.29, 1.82) is 5.26 Å². The van der Waals surface area contributed by atoms with Crippen molar-refractivity contribution < 1.29 is 14.2 Å². The maximum absolute atomic E-state index is 13.4. The van der Waals surface area contributed by atoms with Crippen molar-refractivity contribution in [3.05, 3.63) is 29.6 Å². The van der Waals surface area contributed by atoms with Crippen LogP contribution in [0.1, 0.15) is 5.56 Å². The van der Waals surface area contributed by atoms with Crippen molar-refractivity contribution >= 4 is 5.69 Å². The summed E-state index contributed by atoms with van der Waals surface area (Å²) >= 11 is 0. The van der Waals surface area contributed by atoms with Crippen LogP contribution in [0.4, 0.5) is 10.1 Å². The average molecular weight is 238 g/mol. The molecule has 0 unspecified atom stereocenters. The molecular weight excluding hydrogens is 223 g/mol. The molecule has 0 spiro atoms. The minimum atomic E-state index is -0.551. The summed E-state index contributed by atoms with van der Waals surface area (Å²) in [6.45, 7) is 1.21.